The number of benzene rings is 3. The zero-order chi connectivity index (χ0) is 21.1. The van der Waals surface area contributed by atoms with E-state index in [2.05, 4.69) is 10.3 Å². The number of carbonyl (C=O) groups excluding carboxylic acids is 1. The molecule has 4 rings (SSSR count). The van der Waals surface area contributed by atoms with Crippen LogP contribution in [0.5, 0.6) is 5.75 Å². The van der Waals surface area contributed by atoms with E-state index in [9.17, 15) is 19.8 Å². The predicted octanol–water partition coefficient (Wildman–Crippen LogP) is 4.62. The highest BCUT2D eigenvalue weighted by atomic mass is 35.5. The number of aromatic hydroxyl groups is 1. The molecule has 3 N–H and O–H groups in total. The van der Waals surface area contributed by atoms with Gasteiger partial charge in [0, 0.05) is 18.5 Å². The van der Waals surface area contributed by atoms with Crippen LogP contribution in [-0.2, 0) is 0 Å². The number of phenols is 1. The van der Waals surface area contributed by atoms with Crippen molar-refractivity contribution < 1.29 is 19.8 Å². The van der Waals surface area contributed by atoms with Gasteiger partial charge < -0.3 is 20.1 Å². The predicted molar refractivity (Wildman–Crippen MR) is 119 cm³/mol. The first-order chi connectivity index (χ1) is 14.5. The number of carbonyl (C=O) groups is 2. The fourth-order valence-corrected chi connectivity index (χ4v) is 3.12. The Hall–Kier alpha value is -4.10. The van der Waals surface area contributed by atoms with Gasteiger partial charge >= 0.3 is 5.97 Å². The second-order valence-electron chi connectivity index (χ2n) is 6.56. The van der Waals surface area contributed by atoms with Crippen molar-refractivity contribution in [1.82, 2.24) is 9.55 Å². The van der Waals surface area contributed by atoms with E-state index in [1.165, 1.54) is 18.2 Å². The summed E-state index contributed by atoms with van der Waals surface area (Å²) < 4.78 is 1.69. The fourth-order valence-electron chi connectivity index (χ4n) is 3.12. The van der Waals surface area contributed by atoms with E-state index in [1.54, 1.807) is 41.5 Å². The molecule has 0 aliphatic rings. The van der Waals surface area contributed by atoms with Crippen molar-refractivity contribution in [3.05, 3.63) is 96.6 Å². The van der Waals surface area contributed by atoms with Crippen molar-refractivity contribution in [1.29, 1.82) is 0 Å². The van der Waals surface area contributed by atoms with E-state index < -0.39 is 11.9 Å². The van der Waals surface area contributed by atoms with E-state index in [-0.39, 0.29) is 35.0 Å². The summed E-state index contributed by atoms with van der Waals surface area (Å²) in [5.41, 5.74) is 2.41. The second kappa shape index (κ2) is 9.15. The number of aromatic nitrogens is 2. The Balaban J connectivity index is 0.00000272. The molecule has 156 valence electrons. The zero-order valence-corrected chi connectivity index (χ0v) is 16.9. The number of halogens is 1. The molecule has 1 amide bonds. The lowest BCUT2D eigenvalue weighted by molar-refractivity contribution is 0.0698. The van der Waals surface area contributed by atoms with E-state index in [0.717, 1.165) is 11.1 Å². The number of amides is 1. The molecule has 0 aliphatic heterocycles. The summed E-state index contributed by atoms with van der Waals surface area (Å²) in [5, 5.41) is 22.5. The van der Waals surface area contributed by atoms with Gasteiger partial charge in [-0.3, -0.25) is 4.79 Å². The Kier molecular flexibility index (Phi) is 6.37. The number of phenolic OH excluding ortho intramolecular Hbond substituents is 1. The average molecular weight is 436 g/mol. The molecule has 0 aliphatic carbocycles. The summed E-state index contributed by atoms with van der Waals surface area (Å²) in [6, 6.07) is 18.7. The third kappa shape index (κ3) is 4.57. The van der Waals surface area contributed by atoms with Crippen molar-refractivity contribution in [2.24, 2.45) is 0 Å². The molecule has 0 fully saturated rings. The number of hydrogen-bond donors (Lipinski definition) is 3. The third-order valence-corrected chi connectivity index (χ3v) is 4.63. The lowest BCUT2D eigenvalue weighted by Crippen LogP contribution is -2.15. The Bertz CT molecular complexity index is 1230. The van der Waals surface area contributed by atoms with Crippen molar-refractivity contribution in [2.45, 2.75) is 0 Å². The van der Waals surface area contributed by atoms with E-state index in [0.29, 0.717) is 5.69 Å². The van der Waals surface area contributed by atoms with Gasteiger partial charge in [0.1, 0.15) is 5.75 Å². The SMILES string of the molecule is Cl.O=C(Nc1cc(-c2ccccc2)ccc1C(=O)O)c1ccc(-n2ccnc2)cc1O. The molecule has 7 nitrogen and oxygen atoms in total. The summed E-state index contributed by atoms with van der Waals surface area (Å²) in [6.07, 6.45) is 4.89. The smallest absolute Gasteiger partial charge is 0.337 e. The van der Waals surface area contributed by atoms with Crippen molar-refractivity contribution in [3.63, 3.8) is 0 Å². The number of hydrogen-bond acceptors (Lipinski definition) is 4. The van der Waals surface area contributed by atoms with Gasteiger partial charge in [-0.2, -0.15) is 0 Å². The first-order valence-corrected chi connectivity index (χ1v) is 9.08. The Morgan fingerprint density at radius 3 is 2.29 bits per heavy atom. The minimum Gasteiger partial charge on any atom is -0.507 e. The topological polar surface area (TPSA) is 104 Å². The van der Waals surface area contributed by atoms with Gasteiger partial charge in [0.25, 0.3) is 5.91 Å². The zero-order valence-electron chi connectivity index (χ0n) is 16.1. The second-order valence-corrected chi connectivity index (χ2v) is 6.56. The average Bonchev–Trinajstić information content (AvgIpc) is 3.29. The number of nitrogens with one attached hydrogen (secondary N) is 1. The standard InChI is InChI=1S/C23H17N3O4.ClH/c27-21-13-17(26-11-10-24-14-26)7-9-19(21)22(28)25-20-12-16(6-8-18(20)23(29)30)15-4-2-1-3-5-15;/h1-14,27H,(H,25,28)(H,29,30);1H. The quantitative estimate of drug-likeness (QED) is 0.424. The van der Waals surface area contributed by atoms with Gasteiger partial charge in [-0.05, 0) is 35.4 Å². The number of imidazole rings is 1. The molecule has 4 aromatic rings. The van der Waals surface area contributed by atoms with Crippen LogP contribution in [0.4, 0.5) is 5.69 Å². The number of carboxylic acid groups (broad SMARTS) is 1. The molecule has 8 heteroatoms. The van der Waals surface area contributed by atoms with Crippen molar-refractivity contribution >= 4 is 30.0 Å². The summed E-state index contributed by atoms with van der Waals surface area (Å²) >= 11 is 0. The molecular formula is C23H18ClN3O4. The summed E-state index contributed by atoms with van der Waals surface area (Å²) in [7, 11) is 0. The van der Waals surface area contributed by atoms with Gasteiger partial charge in [-0.25, -0.2) is 9.78 Å². The van der Waals surface area contributed by atoms with E-state index in [4.69, 9.17) is 0 Å². The minimum absolute atomic E-state index is 0. The molecule has 0 saturated heterocycles. The summed E-state index contributed by atoms with van der Waals surface area (Å²) in [6.45, 7) is 0. The Morgan fingerprint density at radius 1 is 0.903 bits per heavy atom. The third-order valence-electron chi connectivity index (χ3n) is 4.63. The minimum atomic E-state index is -1.16. The normalized spacial score (nSPS) is 10.2. The van der Waals surface area contributed by atoms with Crippen LogP contribution in [0.25, 0.3) is 16.8 Å². The van der Waals surface area contributed by atoms with E-state index in [1.807, 2.05) is 30.3 Å². The highest BCUT2D eigenvalue weighted by molar-refractivity contribution is 6.09. The van der Waals surface area contributed by atoms with Crippen LogP contribution in [-0.4, -0.2) is 31.6 Å². The number of rotatable bonds is 5. The summed E-state index contributed by atoms with van der Waals surface area (Å²) in [5.74, 6) is -2.00. The molecule has 0 unspecified atom stereocenters. The number of nitrogens with zero attached hydrogens (tertiary/aromatic N) is 2. The molecule has 31 heavy (non-hydrogen) atoms. The summed E-state index contributed by atoms with van der Waals surface area (Å²) in [4.78, 5) is 28.3. The number of aromatic carboxylic acids is 1. The van der Waals surface area contributed by atoms with Crippen molar-refractivity contribution in [3.8, 4) is 22.6 Å². The highest BCUT2D eigenvalue weighted by Crippen LogP contribution is 2.28. The first kappa shape index (κ1) is 21.6. The van der Waals surface area contributed by atoms with Gasteiger partial charge in [0.05, 0.1) is 28.8 Å². The molecule has 0 radical (unpaired) electrons. The van der Waals surface area contributed by atoms with Gasteiger partial charge in [-0.1, -0.05) is 36.4 Å². The number of anilines is 1. The maximum atomic E-state index is 12.8. The van der Waals surface area contributed by atoms with Gasteiger partial charge in [0.2, 0.25) is 0 Å². The van der Waals surface area contributed by atoms with Crippen LogP contribution in [0.2, 0.25) is 0 Å². The molecule has 1 heterocycles. The molecule has 0 saturated carbocycles. The van der Waals surface area contributed by atoms with Crippen LogP contribution < -0.4 is 5.32 Å². The lowest BCUT2D eigenvalue weighted by atomic mass is 10.0. The first-order valence-electron chi connectivity index (χ1n) is 9.08. The van der Waals surface area contributed by atoms with Gasteiger partial charge in [0.15, 0.2) is 0 Å². The van der Waals surface area contributed by atoms with Crippen LogP contribution in [0, 0.1) is 0 Å². The van der Waals surface area contributed by atoms with Crippen LogP contribution in [0.15, 0.2) is 85.5 Å². The number of carboxylic acids is 1. The van der Waals surface area contributed by atoms with Gasteiger partial charge in [-0.15, -0.1) is 12.4 Å². The fraction of sp³-hybridized carbons (Fsp3) is 0. The molecule has 1 aromatic heterocycles. The molecule has 0 atom stereocenters. The maximum absolute atomic E-state index is 12.8. The van der Waals surface area contributed by atoms with Crippen molar-refractivity contribution in [2.75, 3.05) is 5.32 Å². The Morgan fingerprint density at radius 2 is 1.65 bits per heavy atom. The molecule has 0 bridgehead atoms. The van der Waals surface area contributed by atoms with Crippen LogP contribution >= 0.6 is 12.4 Å². The highest BCUT2D eigenvalue weighted by Gasteiger charge is 2.17. The molecule has 3 aromatic carbocycles. The maximum Gasteiger partial charge on any atom is 0.337 e. The van der Waals surface area contributed by atoms with Crippen LogP contribution in [0.1, 0.15) is 20.7 Å². The lowest BCUT2D eigenvalue weighted by Gasteiger charge is -2.12. The monoisotopic (exact) mass is 435 g/mol. The molecular weight excluding hydrogens is 418 g/mol. The largest absolute Gasteiger partial charge is 0.507 e. The Labute approximate surface area is 184 Å². The molecule has 0 spiro atoms. The van der Waals surface area contributed by atoms with E-state index >= 15 is 0 Å². The van der Waals surface area contributed by atoms with Crippen LogP contribution in [0.3, 0.4) is 0 Å².